The molecule has 1 aromatic heterocycles. The van der Waals surface area contributed by atoms with Gasteiger partial charge in [-0.15, -0.1) is 0 Å². The number of carbonyl (C=O) groups is 1. The van der Waals surface area contributed by atoms with E-state index in [9.17, 15) is 13.2 Å². The first-order chi connectivity index (χ1) is 12.8. The highest BCUT2D eigenvalue weighted by atomic mass is 35.5. The normalized spacial score (nSPS) is 15.5. The second kappa shape index (κ2) is 7.89. The Labute approximate surface area is 163 Å². The van der Waals surface area contributed by atoms with Crippen LogP contribution in [0.15, 0.2) is 35.4 Å². The Hall–Kier alpha value is -2.07. The molecule has 2 aromatic rings. The summed E-state index contributed by atoms with van der Waals surface area (Å²) in [5.41, 5.74) is 1.46. The first-order valence-corrected chi connectivity index (χ1v) is 10.2. The number of ether oxygens (including phenoxy) is 1. The number of anilines is 2. The number of sulfonamides is 1. The molecule has 2 N–H and O–H groups in total. The molecule has 8 nitrogen and oxygen atoms in total. The maximum Gasteiger partial charge on any atom is 0.272 e. The van der Waals surface area contributed by atoms with Crippen LogP contribution in [0.1, 0.15) is 10.5 Å². The van der Waals surface area contributed by atoms with Gasteiger partial charge in [-0.3, -0.25) is 4.79 Å². The summed E-state index contributed by atoms with van der Waals surface area (Å²) >= 11 is 6.03. The van der Waals surface area contributed by atoms with Gasteiger partial charge < -0.3 is 19.9 Å². The summed E-state index contributed by atoms with van der Waals surface area (Å²) in [4.78, 5) is 17.2. The lowest BCUT2D eigenvalue weighted by Gasteiger charge is -2.25. The number of morpholine rings is 1. The van der Waals surface area contributed by atoms with E-state index in [-0.39, 0.29) is 10.6 Å². The number of nitrogens with one attached hydrogen (secondary N) is 2. The number of halogens is 1. The number of hydrogen-bond donors (Lipinski definition) is 2. The molecule has 0 saturated carbocycles. The van der Waals surface area contributed by atoms with E-state index in [1.165, 1.54) is 16.6 Å². The van der Waals surface area contributed by atoms with Crippen molar-refractivity contribution in [3.8, 4) is 0 Å². The van der Waals surface area contributed by atoms with E-state index in [2.05, 4.69) is 10.3 Å². The number of H-pyrrole nitrogens is 1. The van der Waals surface area contributed by atoms with Crippen LogP contribution in [0.25, 0.3) is 0 Å². The van der Waals surface area contributed by atoms with E-state index in [0.29, 0.717) is 37.0 Å². The van der Waals surface area contributed by atoms with E-state index in [4.69, 9.17) is 16.3 Å². The van der Waals surface area contributed by atoms with Gasteiger partial charge in [0.05, 0.1) is 24.6 Å². The van der Waals surface area contributed by atoms with E-state index < -0.39 is 15.9 Å². The number of amides is 1. The quantitative estimate of drug-likeness (QED) is 0.783. The fourth-order valence-corrected chi connectivity index (χ4v) is 4.35. The van der Waals surface area contributed by atoms with E-state index in [0.717, 1.165) is 5.69 Å². The molecule has 27 heavy (non-hydrogen) atoms. The number of aromatic nitrogens is 1. The number of carbonyl (C=O) groups excluding carboxylic acids is 1. The van der Waals surface area contributed by atoms with Crippen molar-refractivity contribution in [3.05, 3.63) is 41.2 Å². The molecule has 0 atom stereocenters. The van der Waals surface area contributed by atoms with Crippen LogP contribution < -0.4 is 10.2 Å². The fourth-order valence-electron chi connectivity index (χ4n) is 2.78. The third kappa shape index (κ3) is 4.27. The molecule has 3 rings (SSSR count). The second-order valence-corrected chi connectivity index (χ2v) is 8.65. The summed E-state index contributed by atoms with van der Waals surface area (Å²) in [6.45, 7) is 1.31. The van der Waals surface area contributed by atoms with Gasteiger partial charge in [-0.25, -0.2) is 8.42 Å². The molecule has 1 aromatic carbocycles. The minimum atomic E-state index is -3.66. The summed E-state index contributed by atoms with van der Waals surface area (Å²) in [7, 11) is 0.0324. The predicted octanol–water partition coefficient (Wildman–Crippen LogP) is 2.01. The second-order valence-electron chi connectivity index (χ2n) is 6.28. The van der Waals surface area contributed by atoms with Crippen LogP contribution in [0.4, 0.5) is 11.4 Å². The first kappa shape index (κ1) is 19.7. The van der Waals surface area contributed by atoms with Crippen LogP contribution in [0, 0.1) is 0 Å². The fraction of sp³-hybridized carbons (Fsp3) is 0.353. The molecule has 0 aliphatic carbocycles. The summed E-state index contributed by atoms with van der Waals surface area (Å²) in [5, 5.41) is 3.25. The molecule has 1 amide bonds. The molecule has 1 fully saturated rings. The molecule has 1 aliphatic heterocycles. The molecule has 0 radical (unpaired) electrons. The summed E-state index contributed by atoms with van der Waals surface area (Å²) in [5.74, 6) is -0.455. The Morgan fingerprint density at radius 1 is 1.26 bits per heavy atom. The Morgan fingerprint density at radius 2 is 1.96 bits per heavy atom. The van der Waals surface area contributed by atoms with Crippen LogP contribution in [0.5, 0.6) is 0 Å². The largest absolute Gasteiger partial charge is 0.379 e. The Bertz CT molecular complexity index is 936. The van der Waals surface area contributed by atoms with Gasteiger partial charge in [0, 0.05) is 38.4 Å². The van der Waals surface area contributed by atoms with Gasteiger partial charge in [0.25, 0.3) is 5.91 Å². The molecule has 146 valence electrons. The maximum absolute atomic E-state index is 12.7. The van der Waals surface area contributed by atoms with Crippen molar-refractivity contribution in [3.63, 3.8) is 0 Å². The molecular weight excluding hydrogens is 392 g/mol. The van der Waals surface area contributed by atoms with Crippen molar-refractivity contribution in [2.45, 2.75) is 4.90 Å². The van der Waals surface area contributed by atoms with Gasteiger partial charge in [0.1, 0.15) is 10.6 Å². The summed E-state index contributed by atoms with van der Waals surface area (Å²) in [6.07, 6.45) is 1.32. The number of benzene rings is 1. The zero-order valence-electron chi connectivity index (χ0n) is 15.0. The Balaban J connectivity index is 1.81. The highest BCUT2D eigenvalue weighted by molar-refractivity contribution is 7.89. The third-order valence-corrected chi connectivity index (χ3v) is 6.31. The Morgan fingerprint density at radius 3 is 2.63 bits per heavy atom. The topological polar surface area (TPSA) is 94.7 Å². The molecule has 1 saturated heterocycles. The monoisotopic (exact) mass is 412 g/mol. The third-order valence-electron chi connectivity index (χ3n) is 4.20. The van der Waals surface area contributed by atoms with Crippen molar-refractivity contribution in [1.82, 2.24) is 9.29 Å². The average molecular weight is 413 g/mol. The summed E-state index contributed by atoms with van der Waals surface area (Å²) in [6, 6.07) is 6.50. The maximum atomic E-state index is 12.7. The average Bonchev–Trinajstić information content (AvgIpc) is 3.13. The van der Waals surface area contributed by atoms with Crippen LogP contribution in [-0.2, 0) is 14.8 Å². The van der Waals surface area contributed by atoms with Gasteiger partial charge in [-0.1, -0.05) is 11.6 Å². The molecule has 0 bridgehead atoms. The molecule has 2 heterocycles. The highest BCUT2D eigenvalue weighted by Crippen LogP contribution is 2.28. The smallest absolute Gasteiger partial charge is 0.272 e. The van der Waals surface area contributed by atoms with Crippen molar-refractivity contribution in [2.75, 3.05) is 50.6 Å². The zero-order valence-corrected chi connectivity index (χ0v) is 16.6. The van der Waals surface area contributed by atoms with Crippen LogP contribution in [0.2, 0.25) is 5.02 Å². The van der Waals surface area contributed by atoms with Gasteiger partial charge in [-0.05, 0) is 24.3 Å². The lowest BCUT2D eigenvalue weighted by atomic mass is 10.2. The molecule has 0 unspecified atom stereocenters. The van der Waals surface area contributed by atoms with Crippen LogP contribution in [-0.4, -0.2) is 64.0 Å². The Kier molecular flexibility index (Phi) is 5.75. The lowest BCUT2D eigenvalue weighted by Crippen LogP contribution is -2.40. The lowest BCUT2D eigenvalue weighted by molar-refractivity contribution is 0.0730. The number of aromatic amines is 1. The minimum Gasteiger partial charge on any atom is -0.379 e. The SMILES string of the molecule is CN(C)c1ccc(Cl)cc1NC(=O)c1cc(S(=O)(=O)N2CCOCC2)c[nH]1. The van der Waals surface area contributed by atoms with E-state index in [1.54, 1.807) is 18.2 Å². The number of rotatable bonds is 5. The number of nitrogens with zero attached hydrogens (tertiary/aromatic N) is 2. The van der Waals surface area contributed by atoms with Crippen LogP contribution >= 0.6 is 11.6 Å². The van der Waals surface area contributed by atoms with Gasteiger partial charge in [-0.2, -0.15) is 4.31 Å². The van der Waals surface area contributed by atoms with E-state index in [1.807, 2.05) is 19.0 Å². The molecule has 1 aliphatic rings. The van der Waals surface area contributed by atoms with Gasteiger partial charge in [0.2, 0.25) is 10.0 Å². The van der Waals surface area contributed by atoms with Gasteiger partial charge >= 0.3 is 0 Å². The first-order valence-electron chi connectivity index (χ1n) is 8.33. The predicted molar refractivity (Wildman–Crippen MR) is 104 cm³/mol. The van der Waals surface area contributed by atoms with Gasteiger partial charge in [0.15, 0.2) is 0 Å². The van der Waals surface area contributed by atoms with E-state index >= 15 is 0 Å². The minimum absolute atomic E-state index is 0.0495. The van der Waals surface area contributed by atoms with Crippen molar-refractivity contribution in [1.29, 1.82) is 0 Å². The van der Waals surface area contributed by atoms with Crippen molar-refractivity contribution < 1.29 is 17.9 Å². The van der Waals surface area contributed by atoms with Crippen molar-refractivity contribution >= 4 is 38.9 Å². The molecule has 0 spiro atoms. The standard InChI is InChI=1S/C17H21ClN4O4S/c1-21(2)16-4-3-12(18)9-14(16)20-17(23)15-10-13(11-19-15)27(24,25)22-5-7-26-8-6-22/h3-4,9-11,19H,5-8H2,1-2H3,(H,20,23). The number of hydrogen-bond acceptors (Lipinski definition) is 5. The summed E-state index contributed by atoms with van der Waals surface area (Å²) < 4.78 is 31.9. The van der Waals surface area contributed by atoms with Crippen LogP contribution in [0.3, 0.4) is 0 Å². The highest BCUT2D eigenvalue weighted by Gasteiger charge is 2.28. The molecule has 10 heteroatoms. The molecular formula is C17H21ClN4O4S. The zero-order chi connectivity index (χ0) is 19.6. The van der Waals surface area contributed by atoms with Crippen molar-refractivity contribution in [2.24, 2.45) is 0 Å².